The van der Waals surface area contributed by atoms with Crippen molar-refractivity contribution in [1.82, 2.24) is 0 Å². The summed E-state index contributed by atoms with van der Waals surface area (Å²) in [7, 11) is 0. The SMILES string of the molecule is CCOc1ccc(NC2=C(c3ccc(F)cc3)C(=O)N(c3cccc(C)c3)C2=O)cc1. The van der Waals surface area contributed by atoms with Gasteiger partial charge in [0.2, 0.25) is 0 Å². The lowest BCUT2D eigenvalue weighted by atomic mass is 10.0. The molecule has 0 saturated heterocycles. The third kappa shape index (κ3) is 4.05. The molecular formula is C25H21FN2O3. The summed E-state index contributed by atoms with van der Waals surface area (Å²) in [4.78, 5) is 27.8. The lowest BCUT2D eigenvalue weighted by molar-refractivity contribution is -0.120. The molecule has 3 aromatic carbocycles. The van der Waals surface area contributed by atoms with Gasteiger partial charge >= 0.3 is 0 Å². The van der Waals surface area contributed by atoms with Crippen LogP contribution in [0.25, 0.3) is 5.57 Å². The molecule has 1 heterocycles. The van der Waals surface area contributed by atoms with E-state index in [2.05, 4.69) is 5.32 Å². The van der Waals surface area contributed by atoms with Gasteiger partial charge in [-0.3, -0.25) is 9.59 Å². The first-order valence-electron chi connectivity index (χ1n) is 9.93. The number of nitrogens with zero attached hydrogens (tertiary/aromatic N) is 1. The van der Waals surface area contributed by atoms with Crippen molar-refractivity contribution in [3.8, 4) is 5.75 Å². The minimum atomic E-state index is -0.469. The maximum absolute atomic E-state index is 13.5. The molecule has 0 aliphatic carbocycles. The fourth-order valence-electron chi connectivity index (χ4n) is 3.48. The van der Waals surface area contributed by atoms with Gasteiger partial charge in [0, 0.05) is 5.69 Å². The highest BCUT2D eigenvalue weighted by Crippen LogP contribution is 2.34. The van der Waals surface area contributed by atoms with Crippen molar-refractivity contribution in [2.75, 3.05) is 16.8 Å². The number of rotatable bonds is 6. The molecule has 0 aromatic heterocycles. The standard InChI is InChI=1S/C25H21FN2O3/c1-3-31-21-13-11-19(12-14-21)27-23-22(17-7-9-18(26)10-8-17)24(29)28(25(23)30)20-6-4-5-16(2)15-20/h4-15,27H,3H2,1-2H3. The van der Waals surface area contributed by atoms with Gasteiger partial charge in [0.25, 0.3) is 11.8 Å². The van der Waals surface area contributed by atoms with E-state index in [1.54, 1.807) is 42.5 Å². The van der Waals surface area contributed by atoms with E-state index < -0.39 is 17.6 Å². The molecule has 1 N–H and O–H groups in total. The van der Waals surface area contributed by atoms with Crippen LogP contribution in [0.1, 0.15) is 18.1 Å². The molecule has 0 bridgehead atoms. The van der Waals surface area contributed by atoms with Crippen LogP contribution >= 0.6 is 0 Å². The summed E-state index contributed by atoms with van der Waals surface area (Å²) < 4.78 is 18.9. The van der Waals surface area contributed by atoms with Crippen molar-refractivity contribution in [3.05, 3.63) is 95.4 Å². The second kappa shape index (κ2) is 8.44. The molecule has 4 rings (SSSR count). The van der Waals surface area contributed by atoms with Crippen LogP contribution in [-0.2, 0) is 9.59 Å². The van der Waals surface area contributed by atoms with Gasteiger partial charge in [0.15, 0.2) is 0 Å². The largest absolute Gasteiger partial charge is 0.494 e. The molecule has 0 spiro atoms. The normalized spacial score (nSPS) is 13.7. The van der Waals surface area contributed by atoms with Gasteiger partial charge in [-0.25, -0.2) is 9.29 Å². The van der Waals surface area contributed by atoms with E-state index in [1.807, 2.05) is 19.9 Å². The molecular weight excluding hydrogens is 395 g/mol. The number of nitrogens with one attached hydrogen (secondary N) is 1. The molecule has 2 amide bonds. The van der Waals surface area contributed by atoms with Gasteiger partial charge < -0.3 is 10.1 Å². The first kappa shape index (κ1) is 20.3. The van der Waals surface area contributed by atoms with Crippen molar-refractivity contribution in [2.45, 2.75) is 13.8 Å². The molecule has 0 unspecified atom stereocenters. The van der Waals surface area contributed by atoms with Crippen LogP contribution in [0, 0.1) is 12.7 Å². The summed E-state index contributed by atoms with van der Waals surface area (Å²) in [6.45, 7) is 4.33. The van der Waals surface area contributed by atoms with E-state index in [9.17, 15) is 14.0 Å². The van der Waals surface area contributed by atoms with E-state index in [1.165, 1.54) is 24.3 Å². The van der Waals surface area contributed by atoms with Gasteiger partial charge in [0.05, 0.1) is 17.9 Å². The number of benzene rings is 3. The highest BCUT2D eigenvalue weighted by molar-refractivity contribution is 6.46. The Morgan fingerprint density at radius 1 is 0.935 bits per heavy atom. The average molecular weight is 416 g/mol. The van der Waals surface area contributed by atoms with E-state index in [-0.39, 0.29) is 11.3 Å². The third-order valence-electron chi connectivity index (χ3n) is 4.91. The van der Waals surface area contributed by atoms with Gasteiger partial charge in [0.1, 0.15) is 17.3 Å². The van der Waals surface area contributed by atoms with Crippen molar-refractivity contribution >= 4 is 28.8 Å². The molecule has 0 radical (unpaired) electrons. The molecule has 31 heavy (non-hydrogen) atoms. The molecule has 0 fully saturated rings. The third-order valence-corrected chi connectivity index (χ3v) is 4.91. The highest BCUT2D eigenvalue weighted by atomic mass is 19.1. The van der Waals surface area contributed by atoms with Crippen molar-refractivity contribution in [3.63, 3.8) is 0 Å². The number of imide groups is 1. The summed E-state index contributed by atoms with van der Waals surface area (Å²) in [6, 6.07) is 19.8. The lowest BCUT2D eigenvalue weighted by Gasteiger charge is -2.16. The number of hydrogen-bond acceptors (Lipinski definition) is 4. The Morgan fingerprint density at radius 3 is 2.29 bits per heavy atom. The van der Waals surface area contributed by atoms with Gasteiger partial charge in [-0.15, -0.1) is 0 Å². The van der Waals surface area contributed by atoms with Gasteiger partial charge in [-0.1, -0.05) is 24.3 Å². The minimum absolute atomic E-state index is 0.141. The van der Waals surface area contributed by atoms with Crippen molar-refractivity contribution < 1.29 is 18.7 Å². The van der Waals surface area contributed by atoms with Crippen LogP contribution in [-0.4, -0.2) is 18.4 Å². The zero-order chi connectivity index (χ0) is 22.0. The predicted molar refractivity (Wildman–Crippen MR) is 118 cm³/mol. The smallest absolute Gasteiger partial charge is 0.282 e. The first-order chi connectivity index (χ1) is 15.0. The number of ether oxygens (including phenoxy) is 1. The van der Waals surface area contributed by atoms with Crippen LogP contribution in [0.4, 0.5) is 15.8 Å². The number of halogens is 1. The number of hydrogen-bond donors (Lipinski definition) is 1. The van der Waals surface area contributed by atoms with Crippen molar-refractivity contribution in [1.29, 1.82) is 0 Å². The second-order valence-electron chi connectivity index (χ2n) is 7.12. The summed E-state index contributed by atoms with van der Waals surface area (Å²) in [6.07, 6.45) is 0. The number of aryl methyl sites for hydroxylation is 1. The van der Waals surface area contributed by atoms with E-state index in [0.29, 0.717) is 29.3 Å². The highest BCUT2D eigenvalue weighted by Gasteiger charge is 2.40. The molecule has 156 valence electrons. The van der Waals surface area contributed by atoms with Crippen LogP contribution < -0.4 is 15.0 Å². The summed E-state index contributed by atoms with van der Waals surface area (Å²) in [5.41, 5.74) is 2.84. The van der Waals surface area contributed by atoms with E-state index in [0.717, 1.165) is 10.5 Å². The quantitative estimate of drug-likeness (QED) is 0.579. The van der Waals surface area contributed by atoms with E-state index in [4.69, 9.17) is 4.74 Å². The van der Waals surface area contributed by atoms with Crippen molar-refractivity contribution in [2.24, 2.45) is 0 Å². The Balaban J connectivity index is 1.76. The first-order valence-corrected chi connectivity index (χ1v) is 9.93. The maximum Gasteiger partial charge on any atom is 0.282 e. The molecule has 6 heteroatoms. The monoisotopic (exact) mass is 416 g/mol. The number of anilines is 2. The van der Waals surface area contributed by atoms with Crippen LogP contribution in [0.5, 0.6) is 5.75 Å². The second-order valence-corrected chi connectivity index (χ2v) is 7.12. The fourth-order valence-corrected chi connectivity index (χ4v) is 3.48. The molecule has 0 saturated carbocycles. The maximum atomic E-state index is 13.5. The summed E-state index contributed by atoms with van der Waals surface area (Å²) >= 11 is 0. The Morgan fingerprint density at radius 2 is 1.65 bits per heavy atom. The number of carbonyl (C=O) groups excluding carboxylic acids is 2. The fraction of sp³-hybridized carbons (Fsp3) is 0.120. The number of amides is 2. The zero-order valence-corrected chi connectivity index (χ0v) is 17.2. The molecule has 5 nitrogen and oxygen atoms in total. The Labute approximate surface area is 179 Å². The average Bonchev–Trinajstić information content (AvgIpc) is 3.00. The predicted octanol–water partition coefficient (Wildman–Crippen LogP) is 4.93. The van der Waals surface area contributed by atoms with Crippen LogP contribution in [0.3, 0.4) is 0 Å². The van der Waals surface area contributed by atoms with Crippen LogP contribution in [0.15, 0.2) is 78.5 Å². The van der Waals surface area contributed by atoms with Crippen LogP contribution in [0.2, 0.25) is 0 Å². The number of carbonyl (C=O) groups is 2. The minimum Gasteiger partial charge on any atom is -0.494 e. The van der Waals surface area contributed by atoms with Gasteiger partial charge in [-0.2, -0.15) is 0 Å². The molecule has 1 aliphatic rings. The van der Waals surface area contributed by atoms with E-state index >= 15 is 0 Å². The Hall–Kier alpha value is -3.93. The molecule has 1 aliphatic heterocycles. The molecule has 3 aromatic rings. The summed E-state index contributed by atoms with van der Waals surface area (Å²) in [5, 5.41) is 3.09. The summed E-state index contributed by atoms with van der Waals surface area (Å²) in [5.74, 6) is -0.645. The Kier molecular flexibility index (Phi) is 5.54. The topological polar surface area (TPSA) is 58.6 Å². The molecule has 0 atom stereocenters. The Bertz CT molecular complexity index is 1170. The lowest BCUT2D eigenvalue weighted by Crippen LogP contribution is -2.32. The van der Waals surface area contributed by atoms with Gasteiger partial charge in [-0.05, 0) is 73.5 Å². The zero-order valence-electron chi connectivity index (χ0n) is 17.2.